The van der Waals surface area contributed by atoms with E-state index in [1.54, 1.807) is 6.20 Å². The summed E-state index contributed by atoms with van der Waals surface area (Å²) in [5.74, 6) is 0.769. The molecule has 1 amide bonds. The van der Waals surface area contributed by atoms with Crippen LogP contribution in [0, 0.1) is 0 Å². The largest absolute Gasteiger partial charge is 0.341 e. The second kappa shape index (κ2) is 5.93. The molecule has 0 spiro atoms. The van der Waals surface area contributed by atoms with Gasteiger partial charge in [-0.3, -0.25) is 4.79 Å². The summed E-state index contributed by atoms with van der Waals surface area (Å²) in [5.41, 5.74) is 8.69. The van der Waals surface area contributed by atoms with E-state index >= 15 is 0 Å². The van der Waals surface area contributed by atoms with E-state index in [9.17, 15) is 4.79 Å². The molecule has 3 rings (SSSR count). The van der Waals surface area contributed by atoms with Crippen molar-refractivity contribution in [2.45, 2.75) is 25.3 Å². The minimum Gasteiger partial charge on any atom is -0.341 e. The molecular formula is C16H18N4O. The van der Waals surface area contributed by atoms with Gasteiger partial charge < -0.3 is 16.0 Å². The molecule has 0 saturated carbocycles. The van der Waals surface area contributed by atoms with Crippen LogP contribution in [0.5, 0.6) is 0 Å². The molecule has 1 aromatic heterocycles. The van der Waals surface area contributed by atoms with Crippen LogP contribution in [0.4, 0.5) is 5.69 Å². The number of H-pyrrole nitrogens is 1. The highest BCUT2D eigenvalue weighted by Gasteiger charge is 2.13. The van der Waals surface area contributed by atoms with Gasteiger partial charge in [-0.1, -0.05) is 30.4 Å². The monoisotopic (exact) mass is 282 g/mol. The molecule has 1 aliphatic heterocycles. The van der Waals surface area contributed by atoms with Crippen molar-refractivity contribution < 1.29 is 4.79 Å². The molecule has 2 bridgehead atoms. The molecule has 21 heavy (non-hydrogen) atoms. The fourth-order valence-electron chi connectivity index (χ4n) is 2.39. The molecule has 0 saturated heterocycles. The van der Waals surface area contributed by atoms with E-state index in [0.717, 1.165) is 22.8 Å². The number of carbonyl (C=O) groups excluding carboxylic acids is 1. The molecule has 1 aliphatic rings. The van der Waals surface area contributed by atoms with Crippen molar-refractivity contribution in [3.63, 3.8) is 0 Å². The first kappa shape index (κ1) is 13.6. The van der Waals surface area contributed by atoms with E-state index in [1.807, 2.05) is 36.4 Å². The van der Waals surface area contributed by atoms with E-state index < -0.39 is 0 Å². The zero-order valence-electron chi connectivity index (χ0n) is 11.7. The number of imidazole rings is 1. The zero-order chi connectivity index (χ0) is 14.7. The Kier molecular flexibility index (Phi) is 3.83. The van der Waals surface area contributed by atoms with Crippen LogP contribution < -0.4 is 11.1 Å². The van der Waals surface area contributed by atoms with Crippen molar-refractivity contribution in [1.29, 1.82) is 0 Å². The Hall–Kier alpha value is -2.40. The Balaban J connectivity index is 2.03. The van der Waals surface area contributed by atoms with Crippen LogP contribution in [-0.2, 0) is 4.79 Å². The average Bonchev–Trinajstić information content (AvgIpc) is 2.96. The fourth-order valence-corrected chi connectivity index (χ4v) is 2.39. The first-order chi connectivity index (χ1) is 10.2. The molecule has 4 N–H and O–H groups in total. The maximum atomic E-state index is 12.0. The van der Waals surface area contributed by atoms with Gasteiger partial charge in [-0.15, -0.1) is 0 Å². The van der Waals surface area contributed by atoms with Crippen molar-refractivity contribution in [1.82, 2.24) is 9.97 Å². The molecule has 2 heterocycles. The van der Waals surface area contributed by atoms with Gasteiger partial charge in [0.15, 0.2) is 0 Å². The van der Waals surface area contributed by atoms with E-state index in [2.05, 4.69) is 15.3 Å². The molecule has 1 atom stereocenters. The van der Waals surface area contributed by atoms with Crippen molar-refractivity contribution in [3.05, 3.63) is 48.4 Å². The Morgan fingerprint density at radius 1 is 1.24 bits per heavy atom. The highest BCUT2D eigenvalue weighted by Crippen LogP contribution is 2.28. The molecule has 0 unspecified atom stereocenters. The number of amides is 1. The minimum absolute atomic E-state index is 0.00961. The summed E-state index contributed by atoms with van der Waals surface area (Å²) in [6.07, 6.45) is 7.64. The Bertz CT molecular complexity index is 674. The quantitative estimate of drug-likeness (QED) is 0.650. The minimum atomic E-state index is -0.161. The Labute approximate surface area is 123 Å². The maximum absolute atomic E-state index is 12.0. The Morgan fingerprint density at radius 3 is 3.00 bits per heavy atom. The third-order valence-electron chi connectivity index (χ3n) is 3.53. The number of aromatic nitrogens is 2. The SMILES string of the molecule is N[C@H]1C/C=C\CCC(=O)Nc2ccccc2-c2cnc1[nH]2. The topological polar surface area (TPSA) is 83.8 Å². The lowest BCUT2D eigenvalue weighted by molar-refractivity contribution is -0.116. The summed E-state index contributed by atoms with van der Waals surface area (Å²) in [6, 6.07) is 7.52. The first-order valence-electron chi connectivity index (χ1n) is 7.09. The number of para-hydroxylation sites is 1. The van der Waals surface area contributed by atoms with E-state index in [-0.39, 0.29) is 11.9 Å². The molecule has 2 aromatic rings. The third-order valence-corrected chi connectivity index (χ3v) is 3.53. The number of allylic oxidation sites excluding steroid dienone is 1. The van der Waals surface area contributed by atoms with Gasteiger partial charge in [0.2, 0.25) is 5.91 Å². The number of nitrogens with one attached hydrogen (secondary N) is 2. The van der Waals surface area contributed by atoms with Gasteiger partial charge >= 0.3 is 0 Å². The molecule has 1 aromatic carbocycles. The van der Waals surface area contributed by atoms with Crippen LogP contribution in [0.25, 0.3) is 11.3 Å². The van der Waals surface area contributed by atoms with Gasteiger partial charge in [-0.2, -0.15) is 0 Å². The average molecular weight is 282 g/mol. The molecule has 5 heteroatoms. The van der Waals surface area contributed by atoms with Crippen molar-refractivity contribution >= 4 is 11.6 Å². The number of carbonyl (C=O) groups is 1. The molecule has 5 nitrogen and oxygen atoms in total. The van der Waals surface area contributed by atoms with Crippen molar-refractivity contribution in [2.75, 3.05) is 5.32 Å². The number of hydrogen-bond acceptors (Lipinski definition) is 3. The molecule has 0 fully saturated rings. The predicted molar refractivity (Wildman–Crippen MR) is 82.6 cm³/mol. The number of benzene rings is 1. The lowest BCUT2D eigenvalue weighted by atomic mass is 10.1. The molecule has 0 radical (unpaired) electrons. The van der Waals surface area contributed by atoms with Crippen LogP contribution in [0.3, 0.4) is 0 Å². The number of nitrogens with two attached hydrogens (primary N) is 1. The van der Waals surface area contributed by atoms with Crippen LogP contribution in [0.2, 0.25) is 0 Å². The van der Waals surface area contributed by atoms with E-state index in [4.69, 9.17) is 5.73 Å². The number of anilines is 1. The van der Waals surface area contributed by atoms with Gasteiger partial charge in [0.05, 0.1) is 23.6 Å². The summed E-state index contributed by atoms with van der Waals surface area (Å²) in [7, 11) is 0. The van der Waals surface area contributed by atoms with E-state index in [1.165, 1.54) is 0 Å². The van der Waals surface area contributed by atoms with Gasteiger partial charge in [-0.05, 0) is 18.9 Å². The van der Waals surface area contributed by atoms with Crippen LogP contribution in [0.15, 0.2) is 42.6 Å². The fraction of sp³-hybridized carbons (Fsp3) is 0.250. The van der Waals surface area contributed by atoms with Crippen LogP contribution in [0.1, 0.15) is 31.1 Å². The molecule has 108 valence electrons. The highest BCUT2D eigenvalue weighted by molar-refractivity contribution is 5.95. The van der Waals surface area contributed by atoms with Gasteiger partial charge in [0.25, 0.3) is 0 Å². The summed E-state index contributed by atoms with van der Waals surface area (Å²) in [5, 5.41) is 2.96. The van der Waals surface area contributed by atoms with Crippen LogP contribution in [-0.4, -0.2) is 15.9 Å². The zero-order valence-corrected chi connectivity index (χ0v) is 11.7. The first-order valence-corrected chi connectivity index (χ1v) is 7.09. The maximum Gasteiger partial charge on any atom is 0.224 e. The lowest BCUT2D eigenvalue weighted by Gasteiger charge is -2.09. The number of fused-ring (bicyclic) bond motifs is 4. The predicted octanol–water partition coefficient (Wildman–Crippen LogP) is 2.76. The normalized spacial score (nSPS) is 20.4. The lowest BCUT2D eigenvalue weighted by Crippen LogP contribution is -2.11. The van der Waals surface area contributed by atoms with Gasteiger partial charge in [0.1, 0.15) is 5.82 Å². The smallest absolute Gasteiger partial charge is 0.224 e. The van der Waals surface area contributed by atoms with Crippen molar-refractivity contribution in [2.24, 2.45) is 5.73 Å². The van der Waals surface area contributed by atoms with Gasteiger partial charge in [-0.25, -0.2) is 4.98 Å². The number of aromatic amines is 1. The molecule has 0 aliphatic carbocycles. The summed E-state index contributed by atoms with van der Waals surface area (Å²) < 4.78 is 0. The number of nitrogens with zero attached hydrogens (tertiary/aromatic N) is 1. The summed E-state index contributed by atoms with van der Waals surface area (Å²) in [6.45, 7) is 0. The highest BCUT2D eigenvalue weighted by atomic mass is 16.1. The van der Waals surface area contributed by atoms with Crippen molar-refractivity contribution in [3.8, 4) is 11.3 Å². The number of rotatable bonds is 0. The summed E-state index contributed by atoms with van der Waals surface area (Å²) >= 11 is 0. The second-order valence-corrected chi connectivity index (χ2v) is 5.13. The number of hydrogen-bond donors (Lipinski definition) is 3. The van der Waals surface area contributed by atoms with Crippen LogP contribution >= 0.6 is 0 Å². The standard InChI is InChI=1S/C16H18N4O/c17-12-7-2-1-3-9-15(21)19-13-8-5-4-6-11(13)14-10-18-16(12)20-14/h1-2,4-6,8,10,12H,3,7,9,17H2,(H,18,20)(H,19,21)/b2-1-/t12-/m0/s1. The second-order valence-electron chi connectivity index (χ2n) is 5.13. The third kappa shape index (κ3) is 3.03. The van der Waals surface area contributed by atoms with Gasteiger partial charge in [0, 0.05) is 12.0 Å². The summed E-state index contributed by atoms with van der Waals surface area (Å²) in [4.78, 5) is 19.6. The Morgan fingerprint density at radius 2 is 2.10 bits per heavy atom. The molecular weight excluding hydrogens is 264 g/mol. The van der Waals surface area contributed by atoms with E-state index in [0.29, 0.717) is 19.3 Å².